The van der Waals surface area contributed by atoms with E-state index in [1.165, 1.54) is 19.2 Å². The summed E-state index contributed by atoms with van der Waals surface area (Å²) in [5.74, 6) is -3.69. The molecule has 2 unspecified atom stereocenters. The van der Waals surface area contributed by atoms with Gasteiger partial charge in [0, 0.05) is 18.8 Å². The quantitative estimate of drug-likeness (QED) is 0.158. The second-order valence-corrected chi connectivity index (χ2v) is 9.40. The number of hydrogen-bond donors (Lipinski definition) is 6. The lowest BCUT2D eigenvalue weighted by atomic mass is 9.76. The second-order valence-electron chi connectivity index (χ2n) is 9.40. The maximum atomic E-state index is 12.8. The third kappa shape index (κ3) is 6.91. The minimum atomic E-state index is -1.64. The van der Waals surface area contributed by atoms with Gasteiger partial charge in [0.1, 0.15) is 24.4 Å². The maximum absolute atomic E-state index is 12.8. The van der Waals surface area contributed by atoms with E-state index in [1.54, 1.807) is 13.0 Å². The number of carbonyl (C=O) groups excluding carboxylic acids is 2. The van der Waals surface area contributed by atoms with Gasteiger partial charge in [0.25, 0.3) is 0 Å². The van der Waals surface area contributed by atoms with Crippen LogP contribution in [0, 0.1) is 17.8 Å². The first-order valence-electron chi connectivity index (χ1n) is 12.4. The third-order valence-electron chi connectivity index (χ3n) is 7.04. The number of phenolic OH excluding ortho intramolecular Hbond substituents is 2. The Balaban J connectivity index is 1.67. The Morgan fingerprint density at radius 1 is 1.03 bits per heavy atom. The molecule has 0 spiro atoms. The number of rotatable bonds is 10. The van der Waals surface area contributed by atoms with Gasteiger partial charge in [-0.05, 0) is 30.0 Å². The zero-order valence-electron chi connectivity index (χ0n) is 21.2. The lowest BCUT2D eigenvalue weighted by molar-refractivity contribution is -0.354. The molecule has 2 fully saturated rings. The van der Waals surface area contributed by atoms with E-state index in [1.807, 2.05) is 0 Å². The molecule has 214 valence electrons. The minimum Gasteiger partial charge on any atom is -0.504 e. The SMILES string of the molecule is CCC1[C@H](O[C@@H]2O[C@H](CO)[C@@H](O)[C@H](O)[C@H]2O)OCC(C(=O)OC)[C@H]1CC(=O)OCCc1ccc(O)c(O)c1. The van der Waals surface area contributed by atoms with E-state index in [0.29, 0.717) is 12.0 Å². The molecule has 2 aliphatic heterocycles. The Bertz CT molecular complexity index is 938. The smallest absolute Gasteiger partial charge is 0.311 e. The van der Waals surface area contributed by atoms with Crippen molar-refractivity contribution in [1.82, 2.24) is 0 Å². The van der Waals surface area contributed by atoms with E-state index in [0.717, 1.165) is 0 Å². The fraction of sp³-hybridized carbons (Fsp3) is 0.680. The Kier molecular flexibility index (Phi) is 10.7. The van der Waals surface area contributed by atoms with E-state index in [4.69, 9.17) is 23.7 Å². The summed E-state index contributed by atoms with van der Waals surface area (Å²) in [7, 11) is 1.22. The maximum Gasteiger partial charge on any atom is 0.311 e. The summed E-state index contributed by atoms with van der Waals surface area (Å²) < 4.78 is 27.2. The van der Waals surface area contributed by atoms with Gasteiger partial charge in [-0.25, -0.2) is 0 Å². The normalized spacial score (nSPS) is 33.5. The topological polar surface area (TPSA) is 202 Å². The van der Waals surface area contributed by atoms with Crippen molar-refractivity contribution < 1.29 is 63.9 Å². The van der Waals surface area contributed by atoms with Gasteiger partial charge in [-0.1, -0.05) is 13.0 Å². The van der Waals surface area contributed by atoms with Gasteiger partial charge in [-0.15, -0.1) is 0 Å². The molecule has 0 amide bonds. The Morgan fingerprint density at radius 3 is 2.39 bits per heavy atom. The summed E-state index contributed by atoms with van der Waals surface area (Å²) in [6.07, 6.45) is -8.01. The van der Waals surface area contributed by atoms with Crippen molar-refractivity contribution in [2.24, 2.45) is 17.8 Å². The number of carbonyl (C=O) groups is 2. The van der Waals surface area contributed by atoms with Crippen molar-refractivity contribution in [2.45, 2.75) is 63.2 Å². The molecule has 1 aromatic carbocycles. The van der Waals surface area contributed by atoms with Crippen molar-refractivity contribution in [3.63, 3.8) is 0 Å². The highest BCUT2D eigenvalue weighted by Crippen LogP contribution is 2.39. The average molecular weight is 545 g/mol. The zero-order valence-corrected chi connectivity index (χ0v) is 21.2. The number of hydrogen-bond acceptors (Lipinski definition) is 13. The molecule has 0 aliphatic carbocycles. The molecular weight excluding hydrogens is 508 g/mol. The van der Waals surface area contributed by atoms with Gasteiger partial charge in [0.15, 0.2) is 24.1 Å². The van der Waals surface area contributed by atoms with Crippen LogP contribution in [0.5, 0.6) is 11.5 Å². The number of ether oxygens (including phenoxy) is 5. The molecular formula is C25H36O13. The van der Waals surface area contributed by atoms with Crippen molar-refractivity contribution in [1.29, 1.82) is 0 Å². The number of aliphatic hydroxyl groups is 4. The molecule has 9 atom stereocenters. The van der Waals surface area contributed by atoms with Crippen LogP contribution in [0.3, 0.4) is 0 Å². The standard InChI is InChI=1S/C25H36O13/c1-3-13-14(9-19(29)35-7-6-12-4-5-16(27)17(28)8-12)15(23(33)34-2)11-36-24(13)38-25-22(32)21(31)20(30)18(10-26)37-25/h4-5,8,13-15,18,20-22,24-28,30-32H,3,6-7,9-11H2,1-2H3/t13?,14-,15?,18+,20+,21-,22+,24-,25-/m0/s1. The van der Waals surface area contributed by atoms with Crippen molar-refractivity contribution >= 4 is 11.9 Å². The van der Waals surface area contributed by atoms with Crippen LogP contribution in [0.15, 0.2) is 18.2 Å². The summed E-state index contributed by atoms with van der Waals surface area (Å²) >= 11 is 0. The van der Waals surface area contributed by atoms with Gasteiger partial charge >= 0.3 is 11.9 Å². The summed E-state index contributed by atoms with van der Waals surface area (Å²) in [5.41, 5.74) is 0.644. The van der Waals surface area contributed by atoms with E-state index >= 15 is 0 Å². The molecule has 13 heteroatoms. The van der Waals surface area contributed by atoms with Crippen molar-refractivity contribution in [3.05, 3.63) is 23.8 Å². The van der Waals surface area contributed by atoms with E-state index in [-0.39, 0.29) is 37.6 Å². The number of esters is 2. The highest BCUT2D eigenvalue weighted by molar-refractivity contribution is 5.75. The molecule has 0 radical (unpaired) electrons. The first-order valence-corrected chi connectivity index (χ1v) is 12.4. The van der Waals surface area contributed by atoms with E-state index in [9.17, 15) is 40.2 Å². The minimum absolute atomic E-state index is 0.00322. The van der Waals surface area contributed by atoms with Crippen LogP contribution in [0.4, 0.5) is 0 Å². The lowest BCUT2D eigenvalue weighted by Crippen LogP contribution is -2.60. The van der Waals surface area contributed by atoms with Crippen molar-refractivity contribution in [3.8, 4) is 11.5 Å². The number of phenols is 2. The Hall–Kier alpha value is -2.52. The molecule has 13 nitrogen and oxygen atoms in total. The molecule has 2 aliphatic rings. The van der Waals surface area contributed by atoms with Gasteiger partial charge in [0.05, 0.1) is 32.8 Å². The number of aromatic hydroxyl groups is 2. The van der Waals surface area contributed by atoms with Crippen LogP contribution in [0.25, 0.3) is 0 Å². The fourth-order valence-electron chi connectivity index (χ4n) is 4.84. The van der Waals surface area contributed by atoms with Gasteiger partial charge in [0.2, 0.25) is 0 Å². The van der Waals surface area contributed by atoms with Crippen LogP contribution in [-0.4, -0.2) is 107 Å². The van der Waals surface area contributed by atoms with Crippen molar-refractivity contribution in [2.75, 3.05) is 26.9 Å². The van der Waals surface area contributed by atoms with Gasteiger partial charge in [-0.3, -0.25) is 9.59 Å². The first kappa shape index (κ1) is 30.0. The van der Waals surface area contributed by atoms with Crippen LogP contribution in [0.1, 0.15) is 25.3 Å². The average Bonchev–Trinajstić information content (AvgIpc) is 2.90. The molecule has 0 aromatic heterocycles. The van der Waals surface area contributed by atoms with Gasteiger partial charge in [-0.2, -0.15) is 0 Å². The van der Waals surface area contributed by atoms with Crippen LogP contribution >= 0.6 is 0 Å². The Morgan fingerprint density at radius 2 is 1.76 bits per heavy atom. The number of methoxy groups -OCH3 is 1. The predicted molar refractivity (Wildman–Crippen MR) is 126 cm³/mol. The molecule has 0 bridgehead atoms. The molecule has 2 heterocycles. The molecule has 3 rings (SSSR count). The molecule has 2 saturated heterocycles. The van der Waals surface area contributed by atoms with E-state index < -0.39 is 73.3 Å². The second kappa shape index (κ2) is 13.5. The predicted octanol–water partition coefficient (Wildman–Crippen LogP) is -0.822. The summed E-state index contributed by atoms with van der Waals surface area (Å²) in [5, 5.41) is 58.9. The Labute approximate surface area is 219 Å². The zero-order chi connectivity index (χ0) is 28.0. The summed E-state index contributed by atoms with van der Waals surface area (Å²) in [6.45, 7) is 1.01. The highest BCUT2D eigenvalue weighted by atomic mass is 16.8. The van der Waals surface area contributed by atoms with E-state index in [2.05, 4.69) is 0 Å². The highest BCUT2D eigenvalue weighted by Gasteiger charge is 2.49. The summed E-state index contributed by atoms with van der Waals surface area (Å²) in [6, 6.07) is 4.28. The van der Waals surface area contributed by atoms with Crippen LogP contribution < -0.4 is 0 Å². The molecule has 1 aromatic rings. The monoisotopic (exact) mass is 544 g/mol. The fourth-order valence-corrected chi connectivity index (χ4v) is 4.84. The lowest BCUT2D eigenvalue weighted by Gasteiger charge is -2.45. The van der Waals surface area contributed by atoms with Crippen LogP contribution in [0.2, 0.25) is 0 Å². The van der Waals surface area contributed by atoms with Crippen LogP contribution in [-0.2, 0) is 39.7 Å². The summed E-state index contributed by atoms with van der Waals surface area (Å²) in [4.78, 5) is 25.2. The molecule has 6 N–H and O–H groups in total. The third-order valence-corrected chi connectivity index (χ3v) is 7.04. The number of aliphatic hydroxyl groups excluding tert-OH is 4. The first-order chi connectivity index (χ1) is 18.1. The largest absolute Gasteiger partial charge is 0.504 e. The molecule has 38 heavy (non-hydrogen) atoms. The molecule has 0 saturated carbocycles. The van der Waals surface area contributed by atoms with Gasteiger partial charge < -0.3 is 54.3 Å². The number of benzene rings is 1.